The quantitative estimate of drug-likeness (QED) is 0.873. The van der Waals surface area contributed by atoms with E-state index in [2.05, 4.69) is 15.3 Å². The van der Waals surface area contributed by atoms with Crippen molar-refractivity contribution in [1.29, 1.82) is 0 Å². The van der Waals surface area contributed by atoms with Crippen molar-refractivity contribution < 1.29 is 0 Å². The third-order valence-corrected chi connectivity index (χ3v) is 4.72. The van der Waals surface area contributed by atoms with E-state index in [4.69, 9.17) is 5.73 Å². The molecule has 3 nitrogen and oxygen atoms in total. The monoisotopic (exact) mass is 237 g/mol. The summed E-state index contributed by atoms with van der Waals surface area (Å²) in [4.78, 5) is 9.79. The van der Waals surface area contributed by atoms with E-state index in [0.717, 1.165) is 28.4 Å². The van der Waals surface area contributed by atoms with E-state index in [1.54, 1.807) is 22.7 Å². The summed E-state index contributed by atoms with van der Waals surface area (Å²) in [5.74, 6) is 0. The minimum absolute atomic E-state index is 0.131. The van der Waals surface area contributed by atoms with Gasteiger partial charge in [-0.2, -0.15) is 0 Å². The van der Waals surface area contributed by atoms with Crippen LogP contribution in [0.4, 0.5) is 0 Å². The van der Waals surface area contributed by atoms with Crippen LogP contribution in [0.3, 0.4) is 0 Å². The van der Waals surface area contributed by atoms with Gasteiger partial charge in [0.05, 0.1) is 21.6 Å². The molecule has 0 radical (unpaired) electrons. The highest BCUT2D eigenvalue weighted by atomic mass is 32.1. The topological polar surface area (TPSA) is 51.8 Å². The summed E-state index contributed by atoms with van der Waals surface area (Å²) in [7, 11) is 0. The maximum absolute atomic E-state index is 6.23. The van der Waals surface area contributed by atoms with E-state index in [1.165, 1.54) is 6.42 Å². The third kappa shape index (κ3) is 1.51. The normalized spacial score (nSPS) is 18.7. The molecule has 0 unspecified atom stereocenters. The van der Waals surface area contributed by atoms with Gasteiger partial charge in [0.1, 0.15) is 5.01 Å². The molecule has 15 heavy (non-hydrogen) atoms. The Morgan fingerprint density at radius 3 is 2.80 bits per heavy atom. The second-order valence-electron chi connectivity index (χ2n) is 3.91. The standard InChI is InChI=1S/C10H11N3S2/c11-10(2-1-3-10)9-13-7(5-14-9)8-4-12-6-15-8/h4-6H,1-3,11H2. The van der Waals surface area contributed by atoms with Crippen LogP contribution in [0, 0.1) is 0 Å². The molecule has 1 saturated carbocycles. The number of hydrogen-bond donors (Lipinski definition) is 1. The predicted octanol–water partition coefficient (Wildman–Crippen LogP) is 2.60. The lowest BCUT2D eigenvalue weighted by Crippen LogP contribution is -2.43. The molecule has 78 valence electrons. The van der Waals surface area contributed by atoms with E-state index < -0.39 is 0 Å². The van der Waals surface area contributed by atoms with Gasteiger partial charge >= 0.3 is 0 Å². The zero-order chi connectivity index (χ0) is 10.3. The Hall–Kier alpha value is -0.780. The third-order valence-electron chi connectivity index (χ3n) is 2.86. The minimum Gasteiger partial charge on any atom is -0.319 e. The predicted molar refractivity (Wildman–Crippen MR) is 62.9 cm³/mol. The van der Waals surface area contributed by atoms with Gasteiger partial charge in [-0.1, -0.05) is 0 Å². The summed E-state index contributed by atoms with van der Waals surface area (Å²) in [6.45, 7) is 0. The van der Waals surface area contributed by atoms with Crippen molar-refractivity contribution in [1.82, 2.24) is 9.97 Å². The molecular weight excluding hydrogens is 226 g/mol. The molecule has 2 N–H and O–H groups in total. The summed E-state index contributed by atoms with van der Waals surface area (Å²) in [5, 5.41) is 3.16. The first-order valence-electron chi connectivity index (χ1n) is 4.92. The highest BCUT2D eigenvalue weighted by Gasteiger charge is 2.37. The van der Waals surface area contributed by atoms with Crippen LogP contribution in [0.2, 0.25) is 0 Å². The van der Waals surface area contributed by atoms with Crippen LogP contribution in [-0.2, 0) is 5.54 Å². The number of aromatic nitrogens is 2. The summed E-state index contributed by atoms with van der Waals surface area (Å²) in [6, 6.07) is 0. The van der Waals surface area contributed by atoms with Crippen LogP contribution in [0.5, 0.6) is 0 Å². The summed E-state index contributed by atoms with van der Waals surface area (Å²) >= 11 is 3.29. The van der Waals surface area contributed by atoms with E-state index in [-0.39, 0.29) is 5.54 Å². The van der Waals surface area contributed by atoms with Gasteiger partial charge < -0.3 is 5.73 Å². The molecule has 2 heterocycles. The molecule has 0 atom stereocenters. The van der Waals surface area contributed by atoms with Crippen molar-refractivity contribution in [3.63, 3.8) is 0 Å². The van der Waals surface area contributed by atoms with E-state index >= 15 is 0 Å². The number of thiazole rings is 2. The smallest absolute Gasteiger partial charge is 0.113 e. The van der Waals surface area contributed by atoms with Crippen molar-refractivity contribution in [2.24, 2.45) is 5.73 Å². The van der Waals surface area contributed by atoms with Gasteiger partial charge in [0.15, 0.2) is 0 Å². The first kappa shape index (κ1) is 9.45. The summed E-state index contributed by atoms with van der Waals surface area (Å²) < 4.78 is 0. The molecule has 0 spiro atoms. The number of nitrogens with zero attached hydrogens (tertiary/aromatic N) is 2. The molecule has 0 saturated heterocycles. The lowest BCUT2D eigenvalue weighted by molar-refractivity contribution is 0.253. The molecule has 1 aliphatic carbocycles. The second-order valence-corrected chi connectivity index (χ2v) is 5.66. The maximum Gasteiger partial charge on any atom is 0.113 e. The second kappa shape index (κ2) is 3.37. The molecule has 5 heteroatoms. The van der Waals surface area contributed by atoms with Crippen molar-refractivity contribution in [3.05, 3.63) is 22.1 Å². The van der Waals surface area contributed by atoms with Gasteiger partial charge in [0.2, 0.25) is 0 Å². The fraction of sp³-hybridized carbons (Fsp3) is 0.400. The largest absolute Gasteiger partial charge is 0.319 e. The van der Waals surface area contributed by atoms with Gasteiger partial charge in [-0.3, -0.25) is 4.98 Å². The highest BCUT2D eigenvalue weighted by Crippen LogP contribution is 2.41. The molecule has 1 fully saturated rings. The zero-order valence-electron chi connectivity index (χ0n) is 8.14. The highest BCUT2D eigenvalue weighted by molar-refractivity contribution is 7.14. The zero-order valence-corrected chi connectivity index (χ0v) is 9.77. The first-order valence-corrected chi connectivity index (χ1v) is 6.68. The average molecular weight is 237 g/mol. The SMILES string of the molecule is NC1(c2nc(-c3cncs3)cs2)CCC1. The Bertz CT molecular complexity index is 457. The molecular formula is C10H11N3S2. The van der Waals surface area contributed by atoms with Crippen LogP contribution in [-0.4, -0.2) is 9.97 Å². The lowest BCUT2D eigenvalue weighted by Gasteiger charge is -2.35. The van der Waals surface area contributed by atoms with Crippen LogP contribution in [0.25, 0.3) is 10.6 Å². The van der Waals surface area contributed by atoms with Crippen LogP contribution < -0.4 is 5.73 Å². The Labute approximate surface area is 96.0 Å². The number of rotatable bonds is 2. The summed E-state index contributed by atoms with van der Waals surface area (Å²) in [5.41, 5.74) is 8.95. The van der Waals surface area contributed by atoms with Gasteiger partial charge in [0, 0.05) is 11.6 Å². The molecule has 2 aromatic rings. The average Bonchev–Trinajstić information content (AvgIpc) is 2.84. The molecule has 2 aromatic heterocycles. The van der Waals surface area contributed by atoms with E-state index in [1.807, 2.05) is 11.7 Å². The molecule has 0 amide bonds. The van der Waals surface area contributed by atoms with Gasteiger partial charge in [-0.05, 0) is 19.3 Å². The van der Waals surface area contributed by atoms with Gasteiger partial charge in [-0.25, -0.2) is 4.98 Å². The first-order chi connectivity index (χ1) is 7.28. The molecule has 3 rings (SSSR count). The van der Waals surface area contributed by atoms with Crippen molar-refractivity contribution >= 4 is 22.7 Å². The molecule has 0 aliphatic heterocycles. The molecule has 1 aliphatic rings. The number of nitrogens with two attached hydrogens (primary N) is 1. The van der Waals surface area contributed by atoms with E-state index in [9.17, 15) is 0 Å². The van der Waals surface area contributed by atoms with Crippen molar-refractivity contribution in [2.45, 2.75) is 24.8 Å². The van der Waals surface area contributed by atoms with Gasteiger partial charge in [0.25, 0.3) is 0 Å². The Kier molecular flexibility index (Phi) is 2.12. The van der Waals surface area contributed by atoms with Crippen molar-refractivity contribution in [3.8, 4) is 10.6 Å². The fourth-order valence-corrected chi connectivity index (χ4v) is 3.38. The number of hydrogen-bond acceptors (Lipinski definition) is 5. The Morgan fingerprint density at radius 1 is 1.33 bits per heavy atom. The van der Waals surface area contributed by atoms with Crippen LogP contribution in [0.15, 0.2) is 17.1 Å². The van der Waals surface area contributed by atoms with Gasteiger partial charge in [-0.15, -0.1) is 22.7 Å². The molecule has 0 aromatic carbocycles. The summed E-state index contributed by atoms with van der Waals surface area (Å²) in [6.07, 6.45) is 5.23. The Balaban J connectivity index is 1.94. The van der Waals surface area contributed by atoms with Crippen molar-refractivity contribution in [2.75, 3.05) is 0 Å². The van der Waals surface area contributed by atoms with Crippen LogP contribution in [0.1, 0.15) is 24.3 Å². The minimum atomic E-state index is -0.131. The Morgan fingerprint density at radius 2 is 2.20 bits per heavy atom. The fourth-order valence-electron chi connectivity index (χ4n) is 1.73. The molecule has 0 bridgehead atoms. The van der Waals surface area contributed by atoms with Crippen LogP contribution >= 0.6 is 22.7 Å². The maximum atomic E-state index is 6.23. The van der Waals surface area contributed by atoms with E-state index in [0.29, 0.717) is 0 Å². The lowest BCUT2D eigenvalue weighted by atomic mass is 9.78.